The molecular formula is C40H80N2. The Morgan fingerprint density at radius 2 is 0.595 bits per heavy atom. The van der Waals surface area contributed by atoms with E-state index in [0.29, 0.717) is 0 Å². The lowest BCUT2D eigenvalue weighted by atomic mass is 10.1. The molecule has 2 nitrogen and oxygen atoms in total. The van der Waals surface area contributed by atoms with Crippen molar-refractivity contribution in [3.63, 3.8) is 0 Å². The number of hydrogen-bond acceptors (Lipinski definition) is 2. The summed E-state index contributed by atoms with van der Waals surface area (Å²) in [6.45, 7) is 9.19. The third-order valence-electron chi connectivity index (χ3n) is 8.90. The normalized spacial score (nSPS) is 12.1. The Morgan fingerprint density at radius 3 is 0.905 bits per heavy atom. The van der Waals surface area contributed by atoms with Gasteiger partial charge in [0.25, 0.3) is 0 Å². The van der Waals surface area contributed by atoms with Crippen molar-refractivity contribution < 1.29 is 0 Å². The Balaban J connectivity index is 3.54. The van der Waals surface area contributed by atoms with Crippen LogP contribution < -0.4 is 5.73 Å². The second kappa shape index (κ2) is 38.4. The van der Waals surface area contributed by atoms with Gasteiger partial charge in [0.15, 0.2) is 0 Å². The molecule has 0 aromatic carbocycles. The van der Waals surface area contributed by atoms with Crippen molar-refractivity contribution in [2.75, 3.05) is 26.2 Å². The van der Waals surface area contributed by atoms with Crippen LogP contribution in [-0.2, 0) is 0 Å². The zero-order valence-electron chi connectivity index (χ0n) is 29.4. The fraction of sp³-hybridized carbons (Fsp3) is 0.900. The van der Waals surface area contributed by atoms with E-state index >= 15 is 0 Å². The molecule has 0 saturated heterocycles. The van der Waals surface area contributed by atoms with Crippen molar-refractivity contribution in [2.45, 2.75) is 206 Å². The van der Waals surface area contributed by atoms with E-state index in [-0.39, 0.29) is 0 Å². The summed E-state index contributed by atoms with van der Waals surface area (Å²) in [6.07, 6.45) is 51.3. The largest absolute Gasteiger partial charge is 0.330 e. The van der Waals surface area contributed by atoms with Crippen LogP contribution in [0.1, 0.15) is 206 Å². The van der Waals surface area contributed by atoms with E-state index in [1.807, 2.05) is 0 Å². The summed E-state index contributed by atoms with van der Waals surface area (Å²) in [5.74, 6) is 0. The highest BCUT2D eigenvalue weighted by Gasteiger charge is 2.04. The maximum Gasteiger partial charge on any atom is -0.000672 e. The molecule has 0 bridgehead atoms. The standard InChI is InChI=1S/C40H80N2/c1-3-5-7-9-11-13-15-17-19-21-23-25-27-29-31-33-35-39-42(40-36-37-41)38-34-32-30-28-26-24-22-20-18-16-14-12-10-8-6-4-2/h19-22H,3-18,23-41H2,1-2H3/b21-19+,22-20+. The first-order valence-corrected chi connectivity index (χ1v) is 19.6. The first kappa shape index (κ1) is 41.4. The van der Waals surface area contributed by atoms with Gasteiger partial charge in [0.05, 0.1) is 0 Å². The van der Waals surface area contributed by atoms with Gasteiger partial charge in [-0.05, 0) is 96.8 Å². The van der Waals surface area contributed by atoms with E-state index < -0.39 is 0 Å². The van der Waals surface area contributed by atoms with Crippen molar-refractivity contribution in [2.24, 2.45) is 5.73 Å². The molecule has 42 heavy (non-hydrogen) atoms. The number of allylic oxidation sites excluding steroid dienone is 4. The van der Waals surface area contributed by atoms with Crippen molar-refractivity contribution in [1.29, 1.82) is 0 Å². The molecule has 0 aromatic rings. The van der Waals surface area contributed by atoms with Gasteiger partial charge >= 0.3 is 0 Å². The van der Waals surface area contributed by atoms with Gasteiger partial charge < -0.3 is 10.6 Å². The Hall–Kier alpha value is -0.600. The second-order valence-electron chi connectivity index (χ2n) is 13.2. The Morgan fingerprint density at radius 1 is 0.333 bits per heavy atom. The zero-order chi connectivity index (χ0) is 30.4. The lowest BCUT2D eigenvalue weighted by Crippen LogP contribution is -2.28. The van der Waals surface area contributed by atoms with Crippen LogP contribution in [0.3, 0.4) is 0 Å². The number of nitrogens with zero attached hydrogens (tertiary/aromatic N) is 1. The van der Waals surface area contributed by atoms with Gasteiger partial charge in [-0.3, -0.25) is 0 Å². The molecule has 0 saturated carbocycles. The minimum absolute atomic E-state index is 0.830. The van der Waals surface area contributed by atoms with Gasteiger partial charge in [0, 0.05) is 0 Å². The summed E-state index contributed by atoms with van der Waals surface area (Å²) in [6, 6.07) is 0. The van der Waals surface area contributed by atoms with E-state index in [0.717, 1.165) is 13.0 Å². The lowest BCUT2D eigenvalue weighted by Gasteiger charge is -2.22. The predicted molar refractivity (Wildman–Crippen MR) is 194 cm³/mol. The maximum absolute atomic E-state index is 5.83. The average Bonchev–Trinajstić information content (AvgIpc) is 3.00. The Labute approximate surface area is 267 Å². The molecule has 0 radical (unpaired) electrons. The number of hydrogen-bond donors (Lipinski definition) is 1. The van der Waals surface area contributed by atoms with E-state index in [2.05, 4.69) is 43.1 Å². The van der Waals surface area contributed by atoms with Gasteiger partial charge in [-0.1, -0.05) is 160 Å². The first-order valence-electron chi connectivity index (χ1n) is 19.6. The smallest absolute Gasteiger partial charge is 0.000672 e. The molecule has 0 spiro atoms. The summed E-state index contributed by atoms with van der Waals surface area (Å²) in [7, 11) is 0. The predicted octanol–water partition coefficient (Wildman–Crippen LogP) is 13.1. The summed E-state index contributed by atoms with van der Waals surface area (Å²) < 4.78 is 0. The third-order valence-corrected chi connectivity index (χ3v) is 8.90. The van der Waals surface area contributed by atoms with Crippen LogP contribution in [0.15, 0.2) is 24.3 Å². The van der Waals surface area contributed by atoms with Crippen molar-refractivity contribution in [3.05, 3.63) is 24.3 Å². The molecule has 2 heteroatoms. The van der Waals surface area contributed by atoms with Crippen LogP contribution in [0.2, 0.25) is 0 Å². The topological polar surface area (TPSA) is 29.3 Å². The summed E-state index contributed by atoms with van der Waals surface area (Å²) >= 11 is 0. The van der Waals surface area contributed by atoms with Gasteiger partial charge in [0.2, 0.25) is 0 Å². The molecule has 0 atom stereocenters. The maximum atomic E-state index is 5.83. The molecule has 250 valence electrons. The van der Waals surface area contributed by atoms with E-state index in [4.69, 9.17) is 5.73 Å². The number of unbranched alkanes of at least 4 members (excludes halogenated alkanes) is 25. The minimum atomic E-state index is 0.830. The zero-order valence-corrected chi connectivity index (χ0v) is 29.4. The molecular weight excluding hydrogens is 508 g/mol. The van der Waals surface area contributed by atoms with Crippen LogP contribution >= 0.6 is 0 Å². The molecule has 0 amide bonds. The van der Waals surface area contributed by atoms with Crippen LogP contribution in [0.25, 0.3) is 0 Å². The molecule has 0 fully saturated rings. The fourth-order valence-electron chi connectivity index (χ4n) is 5.99. The third kappa shape index (κ3) is 35.6. The van der Waals surface area contributed by atoms with E-state index in [1.54, 1.807) is 0 Å². The van der Waals surface area contributed by atoms with Gasteiger partial charge in [-0.25, -0.2) is 0 Å². The van der Waals surface area contributed by atoms with Crippen LogP contribution in [-0.4, -0.2) is 31.1 Å². The summed E-state index contributed by atoms with van der Waals surface area (Å²) in [5, 5.41) is 0. The average molecular weight is 589 g/mol. The molecule has 0 aliphatic rings. The van der Waals surface area contributed by atoms with Crippen LogP contribution in [0.4, 0.5) is 0 Å². The van der Waals surface area contributed by atoms with Crippen molar-refractivity contribution in [3.8, 4) is 0 Å². The highest BCUT2D eigenvalue weighted by Crippen LogP contribution is 2.13. The molecule has 0 aromatic heterocycles. The SMILES string of the molecule is CCCCCCCCC/C=C/CCCCCCCCN(CCCN)CCCCCCC/C=C/CCCCCCCCC. The van der Waals surface area contributed by atoms with Crippen molar-refractivity contribution >= 4 is 0 Å². The van der Waals surface area contributed by atoms with Gasteiger partial charge in [-0.2, -0.15) is 0 Å². The molecule has 0 unspecified atom stereocenters. The second-order valence-corrected chi connectivity index (χ2v) is 13.2. The first-order chi connectivity index (χ1) is 20.8. The lowest BCUT2D eigenvalue weighted by molar-refractivity contribution is 0.258. The highest BCUT2D eigenvalue weighted by atomic mass is 15.1. The molecule has 0 aliphatic carbocycles. The molecule has 2 N–H and O–H groups in total. The van der Waals surface area contributed by atoms with Gasteiger partial charge in [-0.15, -0.1) is 0 Å². The van der Waals surface area contributed by atoms with E-state index in [9.17, 15) is 0 Å². The van der Waals surface area contributed by atoms with E-state index in [1.165, 1.54) is 206 Å². The molecule has 0 rings (SSSR count). The van der Waals surface area contributed by atoms with Crippen molar-refractivity contribution in [1.82, 2.24) is 4.90 Å². The van der Waals surface area contributed by atoms with Gasteiger partial charge in [0.1, 0.15) is 0 Å². The quantitative estimate of drug-likeness (QED) is 0.0582. The highest BCUT2D eigenvalue weighted by molar-refractivity contribution is 4.82. The Kier molecular flexibility index (Phi) is 37.9. The fourth-order valence-corrected chi connectivity index (χ4v) is 5.99. The molecule has 0 heterocycles. The van der Waals surface area contributed by atoms with Crippen LogP contribution in [0, 0.1) is 0 Å². The number of nitrogens with two attached hydrogens (primary N) is 1. The summed E-state index contributed by atoms with van der Waals surface area (Å²) in [4.78, 5) is 2.70. The summed E-state index contributed by atoms with van der Waals surface area (Å²) in [5.41, 5.74) is 5.83. The Bertz CT molecular complexity index is 526. The number of rotatable bonds is 36. The monoisotopic (exact) mass is 589 g/mol. The molecule has 0 aliphatic heterocycles. The van der Waals surface area contributed by atoms with Crippen LogP contribution in [0.5, 0.6) is 0 Å². The minimum Gasteiger partial charge on any atom is -0.330 e.